The van der Waals surface area contributed by atoms with Crippen molar-refractivity contribution in [2.24, 2.45) is 12.9 Å². The summed E-state index contributed by atoms with van der Waals surface area (Å²) < 4.78 is 1.92. The van der Waals surface area contributed by atoms with Gasteiger partial charge in [0.15, 0.2) is 0 Å². The highest BCUT2D eigenvalue weighted by atomic mass is 15.3. The summed E-state index contributed by atoms with van der Waals surface area (Å²) in [5.41, 5.74) is 7.23. The Morgan fingerprint density at radius 1 is 1.42 bits per heavy atom. The van der Waals surface area contributed by atoms with Gasteiger partial charge in [-0.2, -0.15) is 5.10 Å². The lowest BCUT2D eigenvalue weighted by Gasteiger charge is -2.16. The lowest BCUT2D eigenvalue weighted by Crippen LogP contribution is -2.30. The summed E-state index contributed by atoms with van der Waals surface area (Å²) in [7, 11) is 1.97. The molecule has 2 rings (SSSR count). The number of pyridine rings is 1. The van der Waals surface area contributed by atoms with Crippen molar-refractivity contribution in [3.63, 3.8) is 0 Å². The molecule has 3 N–H and O–H groups in total. The van der Waals surface area contributed by atoms with Crippen LogP contribution in [0.2, 0.25) is 0 Å². The molecule has 0 spiro atoms. The molecular formula is C14H21N5. The molecule has 0 aromatic carbocycles. The Bertz CT molecular complexity index is 529. The maximum Gasteiger partial charge on any atom is 0.0624 e. The first-order valence-corrected chi connectivity index (χ1v) is 6.54. The van der Waals surface area contributed by atoms with Gasteiger partial charge in [-0.1, -0.05) is 13.0 Å². The van der Waals surface area contributed by atoms with Gasteiger partial charge in [0.1, 0.15) is 0 Å². The van der Waals surface area contributed by atoms with E-state index in [1.165, 1.54) is 5.69 Å². The maximum absolute atomic E-state index is 5.67. The first-order valence-electron chi connectivity index (χ1n) is 6.54. The van der Waals surface area contributed by atoms with E-state index in [-0.39, 0.29) is 6.04 Å². The van der Waals surface area contributed by atoms with Gasteiger partial charge in [-0.25, -0.2) is 0 Å². The third kappa shape index (κ3) is 3.19. The second-order valence-corrected chi connectivity index (χ2v) is 4.76. The van der Waals surface area contributed by atoms with Crippen LogP contribution in [-0.4, -0.2) is 14.8 Å². The first-order chi connectivity index (χ1) is 9.13. The quantitative estimate of drug-likeness (QED) is 0.629. The number of hydrogen-bond acceptors (Lipinski definition) is 4. The van der Waals surface area contributed by atoms with E-state index in [0.717, 1.165) is 29.8 Å². The van der Waals surface area contributed by atoms with E-state index in [0.29, 0.717) is 0 Å². The van der Waals surface area contributed by atoms with E-state index in [2.05, 4.69) is 34.6 Å². The molecule has 102 valence electrons. The Morgan fingerprint density at radius 3 is 2.74 bits per heavy atom. The zero-order valence-electron chi connectivity index (χ0n) is 11.7. The van der Waals surface area contributed by atoms with Crippen molar-refractivity contribution in [2.45, 2.75) is 32.7 Å². The van der Waals surface area contributed by atoms with Gasteiger partial charge >= 0.3 is 0 Å². The molecule has 2 aromatic heterocycles. The summed E-state index contributed by atoms with van der Waals surface area (Å²) in [5.74, 6) is 5.67. The number of hydrazine groups is 1. The second-order valence-electron chi connectivity index (χ2n) is 4.76. The average molecular weight is 259 g/mol. The fourth-order valence-corrected chi connectivity index (χ4v) is 2.10. The molecule has 19 heavy (non-hydrogen) atoms. The van der Waals surface area contributed by atoms with Crippen molar-refractivity contribution < 1.29 is 0 Å². The molecule has 1 atom stereocenters. The Balaban J connectivity index is 2.18. The predicted molar refractivity (Wildman–Crippen MR) is 75.3 cm³/mol. The van der Waals surface area contributed by atoms with Crippen molar-refractivity contribution in [1.82, 2.24) is 20.2 Å². The molecule has 2 aromatic rings. The molecule has 0 saturated carbocycles. The standard InChI is InChI=1S/C14H21N5/c1-4-12-7-13(19(3)18-12)8-14(17-15)11-6-5-10(2)16-9-11/h5-7,9,14,17H,4,8,15H2,1-3H3. The monoisotopic (exact) mass is 259 g/mol. The van der Waals surface area contributed by atoms with Crippen molar-refractivity contribution in [3.8, 4) is 0 Å². The Hall–Kier alpha value is -1.72. The zero-order valence-corrected chi connectivity index (χ0v) is 11.7. The highest BCUT2D eigenvalue weighted by molar-refractivity contribution is 5.20. The largest absolute Gasteiger partial charge is 0.272 e. The molecule has 0 fully saturated rings. The number of rotatable bonds is 5. The summed E-state index contributed by atoms with van der Waals surface area (Å²) in [6, 6.07) is 6.24. The number of hydrogen-bond donors (Lipinski definition) is 2. The lowest BCUT2D eigenvalue weighted by atomic mass is 10.0. The molecule has 5 nitrogen and oxygen atoms in total. The molecule has 0 saturated heterocycles. The number of aryl methyl sites for hydroxylation is 3. The van der Waals surface area contributed by atoms with E-state index in [1.54, 1.807) is 0 Å². The minimum atomic E-state index is 0.0493. The molecule has 0 bridgehead atoms. The molecular weight excluding hydrogens is 238 g/mol. The van der Waals surface area contributed by atoms with Gasteiger partial charge in [-0.05, 0) is 31.0 Å². The number of nitrogens with zero attached hydrogens (tertiary/aromatic N) is 3. The van der Waals surface area contributed by atoms with Gasteiger partial charge in [0.05, 0.1) is 11.7 Å². The predicted octanol–water partition coefficient (Wildman–Crippen LogP) is 1.43. The number of nitrogens with one attached hydrogen (secondary N) is 1. The van der Waals surface area contributed by atoms with Crippen LogP contribution in [0.5, 0.6) is 0 Å². The average Bonchev–Trinajstić information content (AvgIpc) is 2.78. The van der Waals surface area contributed by atoms with Crippen molar-refractivity contribution in [2.75, 3.05) is 0 Å². The van der Waals surface area contributed by atoms with Gasteiger partial charge in [0, 0.05) is 31.1 Å². The van der Waals surface area contributed by atoms with Crippen LogP contribution in [0.25, 0.3) is 0 Å². The van der Waals surface area contributed by atoms with Crippen LogP contribution >= 0.6 is 0 Å². The number of nitrogens with two attached hydrogens (primary N) is 1. The Morgan fingerprint density at radius 2 is 2.21 bits per heavy atom. The zero-order chi connectivity index (χ0) is 13.8. The lowest BCUT2D eigenvalue weighted by molar-refractivity contribution is 0.528. The van der Waals surface area contributed by atoms with Crippen LogP contribution < -0.4 is 11.3 Å². The van der Waals surface area contributed by atoms with Gasteiger partial charge < -0.3 is 0 Å². The van der Waals surface area contributed by atoms with E-state index in [9.17, 15) is 0 Å². The second kappa shape index (κ2) is 5.95. The summed E-state index contributed by atoms with van der Waals surface area (Å²) in [5, 5.41) is 4.46. The van der Waals surface area contributed by atoms with Crippen LogP contribution in [0, 0.1) is 6.92 Å². The highest BCUT2D eigenvalue weighted by Crippen LogP contribution is 2.17. The van der Waals surface area contributed by atoms with E-state index in [1.807, 2.05) is 30.9 Å². The van der Waals surface area contributed by atoms with Gasteiger partial charge in [-0.3, -0.25) is 20.9 Å². The van der Waals surface area contributed by atoms with Gasteiger partial charge in [0.25, 0.3) is 0 Å². The minimum Gasteiger partial charge on any atom is -0.272 e. The van der Waals surface area contributed by atoms with Crippen LogP contribution in [0.4, 0.5) is 0 Å². The normalized spacial score (nSPS) is 12.6. The summed E-state index contributed by atoms with van der Waals surface area (Å²) in [6.45, 7) is 4.08. The van der Waals surface area contributed by atoms with Gasteiger partial charge in [0.2, 0.25) is 0 Å². The molecule has 0 aliphatic carbocycles. The third-order valence-electron chi connectivity index (χ3n) is 3.34. The molecule has 0 aliphatic heterocycles. The SMILES string of the molecule is CCc1cc(CC(NN)c2ccc(C)nc2)n(C)n1. The molecule has 1 unspecified atom stereocenters. The van der Waals surface area contributed by atoms with Gasteiger partial charge in [-0.15, -0.1) is 0 Å². The van der Waals surface area contributed by atoms with Crippen LogP contribution in [0.15, 0.2) is 24.4 Å². The minimum absolute atomic E-state index is 0.0493. The van der Waals surface area contributed by atoms with Crippen LogP contribution in [0.1, 0.15) is 35.6 Å². The van der Waals surface area contributed by atoms with E-state index in [4.69, 9.17) is 5.84 Å². The van der Waals surface area contributed by atoms with Crippen molar-refractivity contribution in [3.05, 3.63) is 47.0 Å². The number of aromatic nitrogens is 3. The maximum atomic E-state index is 5.67. The molecule has 0 aliphatic rings. The fourth-order valence-electron chi connectivity index (χ4n) is 2.10. The van der Waals surface area contributed by atoms with E-state index >= 15 is 0 Å². The molecule has 5 heteroatoms. The topological polar surface area (TPSA) is 68.8 Å². The summed E-state index contributed by atoms with van der Waals surface area (Å²) in [6.07, 6.45) is 3.61. The summed E-state index contributed by atoms with van der Waals surface area (Å²) in [4.78, 5) is 4.32. The first kappa shape index (κ1) is 13.7. The molecule has 0 radical (unpaired) electrons. The highest BCUT2D eigenvalue weighted by Gasteiger charge is 2.14. The van der Waals surface area contributed by atoms with E-state index < -0.39 is 0 Å². The molecule has 0 amide bonds. The fraction of sp³-hybridized carbons (Fsp3) is 0.429. The van der Waals surface area contributed by atoms with Crippen molar-refractivity contribution >= 4 is 0 Å². The third-order valence-corrected chi connectivity index (χ3v) is 3.34. The molecule has 2 heterocycles. The van der Waals surface area contributed by atoms with Crippen LogP contribution in [0.3, 0.4) is 0 Å². The smallest absolute Gasteiger partial charge is 0.0624 e. The van der Waals surface area contributed by atoms with Crippen molar-refractivity contribution in [1.29, 1.82) is 0 Å². The Labute approximate surface area is 113 Å². The summed E-state index contributed by atoms with van der Waals surface area (Å²) >= 11 is 0. The van der Waals surface area contributed by atoms with Crippen LogP contribution in [-0.2, 0) is 19.9 Å². The Kier molecular flexibility index (Phi) is 4.29.